The van der Waals surface area contributed by atoms with Crippen LogP contribution in [0.1, 0.15) is 19.2 Å². The molecule has 0 aromatic carbocycles. The van der Waals surface area contributed by atoms with E-state index in [1.54, 1.807) is 0 Å². The number of anilines is 1. The maximum atomic E-state index is 5.31. The summed E-state index contributed by atoms with van der Waals surface area (Å²) >= 11 is 0. The van der Waals surface area contributed by atoms with Gasteiger partial charge in [-0.1, -0.05) is 0 Å². The van der Waals surface area contributed by atoms with E-state index in [1.807, 2.05) is 43.3 Å². The molecule has 0 saturated heterocycles. The predicted octanol–water partition coefficient (Wildman–Crippen LogP) is 1.70. The maximum Gasteiger partial charge on any atom is 0.202 e. The summed E-state index contributed by atoms with van der Waals surface area (Å²) in [5.41, 5.74) is 0. The van der Waals surface area contributed by atoms with Gasteiger partial charge in [0.15, 0.2) is 0 Å². The molecule has 6 nitrogen and oxygen atoms in total. The van der Waals surface area contributed by atoms with E-state index in [0.717, 1.165) is 50.9 Å². The van der Waals surface area contributed by atoms with Gasteiger partial charge in [-0.15, -0.1) is 0 Å². The van der Waals surface area contributed by atoms with E-state index in [9.17, 15) is 0 Å². The molecule has 0 aliphatic rings. The lowest BCUT2D eigenvalue weighted by atomic mass is 10.4. The van der Waals surface area contributed by atoms with Gasteiger partial charge in [-0.05, 0) is 13.3 Å². The molecule has 0 atom stereocenters. The molecule has 20 heavy (non-hydrogen) atoms. The average molecular weight is 277 g/mol. The van der Waals surface area contributed by atoms with E-state index in [2.05, 4.69) is 19.9 Å². The molecule has 0 aliphatic heterocycles. The summed E-state index contributed by atoms with van der Waals surface area (Å²) in [6.07, 6.45) is 9.50. The third-order valence-corrected chi connectivity index (χ3v) is 3.17. The molecule has 0 bridgehead atoms. The van der Waals surface area contributed by atoms with Crippen molar-refractivity contribution in [3.63, 3.8) is 0 Å². The maximum absolute atomic E-state index is 5.31. The highest BCUT2D eigenvalue weighted by Gasteiger charge is 2.04. The first-order chi connectivity index (χ1) is 9.81. The Bertz CT molecular complexity index is 505. The minimum atomic E-state index is 0.776. The fourth-order valence-electron chi connectivity index (χ4n) is 2.03. The van der Waals surface area contributed by atoms with Gasteiger partial charge in [0, 0.05) is 64.6 Å². The van der Waals surface area contributed by atoms with Gasteiger partial charge in [0.2, 0.25) is 5.95 Å². The van der Waals surface area contributed by atoms with Crippen LogP contribution in [-0.2, 0) is 24.8 Å². The van der Waals surface area contributed by atoms with Crippen molar-refractivity contribution < 1.29 is 4.74 Å². The van der Waals surface area contributed by atoms with Crippen molar-refractivity contribution in [3.05, 3.63) is 30.6 Å². The van der Waals surface area contributed by atoms with Crippen LogP contribution >= 0.6 is 0 Å². The smallest absolute Gasteiger partial charge is 0.202 e. The van der Waals surface area contributed by atoms with E-state index in [1.165, 1.54) is 0 Å². The van der Waals surface area contributed by atoms with Crippen LogP contribution in [0.15, 0.2) is 24.8 Å². The molecule has 2 heterocycles. The number of aryl methyl sites for hydroxylation is 3. The van der Waals surface area contributed by atoms with Crippen molar-refractivity contribution >= 4 is 5.95 Å². The number of rotatable bonds is 9. The molecule has 0 fully saturated rings. The van der Waals surface area contributed by atoms with Crippen LogP contribution in [0.25, 0.3) is 0 Å². The van der Waals surface area contributed by atoms with Crippen LogP contribution in [0.2, 0.25) is 0 Å². The molecule has 0 spiro atoms. The van der Waals surface area contributed by atoms with E-state index in [-0.39, 0.29) is 0 Å². The van der Waals surface area contributed by atoms with E-state index in [4.69, 9.17) is 4.74 Å². The minimum Gasteiger partial charge on any atom is -0.382 e. The molecule has 2 rings (SSSR count). The van der Waals surface area contributed by atoms with Crippen LogP contribution in [0.4, 0.5) is 5.95 Å². The Labute approximate surface area is 119 Å². The number of imidazole rings is 2. The second-order valence-corrected chi connectivity index (χ2v) is 4.63. The number of hydrogen-bond donors (Lipinski definition) is 1. The van der Waals surface area contributed by atoms with Gasteiger partial charge in [-0.3, -0.25) is 0 Å². The number of nitrogens with one attached hydrogen (secondary N) is 1. The topological polar surface area (TPSA) is 56.9 Å². The molecule has 2 aromatic rings. The van der Waals surface area contributed by atoms with Crippen molar-refractivity contribution in [1.29, 1.82) is 0 Å². The molecule has 6 heteroatoms. The van der Waals surface area contributed by atoms with Crippen LogP contribution in [0.3, 0.4) is 0 Å². The highest BCUT2D eigenvalue weighted by atomic mass is 16.5. The molecule has 2 aromatic heterocycles. The van der Waals surface area contributed by atoms with Gasteiger partial charge >= 0.3 is 0 Å². The number of hydrogen-bond acceptors (Lipinski definition) is 4. The first-order valence-electron chi connectivity index (χ1n) is 7.10. The quantitative estimate of drug-likeness (QED) is 0.709. The van der Waals surface area contributed by atoms with Gasteiger partial charge in [0.1, 0.15) is 5.82 Å². The van der Waals surface area contributed by atoms with Crippen molar-refractivity contribution in [1.82, 2.24) is 19.1 Å². The Morgan fingerprint density at radius 2 is 2.10 bits per heavy atom. The summed E-state index contributed by atoms with van der Waals surface area (Å²) in [7, 11) is 2.02. The fourth-order valence-corrected chi connectivity index (χ4v) is 2.03. The third-order valence-electron chi connectivity index (χ3n) is 3.17. The predicted molar refractivity (Wildman–Crippen MR) is 78.7 cm³/mol. The molecule has 110 valence electrons. The Hall–Kier alpha value is -1.82. The summed E-state index contributed by atoms with van der Waals surface area (Å²) in [5.74, 6) is 2.00. The first kappa shape index (κ1) is 14.6. The molecule has 0 unspecified atom stereocenters. The molecular weight excluding hydrogens is 254 g/mol. The van der Waals surface area contributed by atoms with Crippen LogP contribution in [0, 0.1) is 0 Å². The van der Waals surface area contributed by atoms with Gasteiger partial charge < -0.3 is 19.2 Å². The second-order valence-electron chi connectivity index (χ2n) is 4.63. The summed E-state index contributed by atoms with van der Waals surface area (Å²) in [4.78, 5) is 8.67. The lowest BCUT2D eigenvalue weighted by Gasteiger charge is -2.10. The van der Waals surface area contributed by atoms with Crippen molar-refractivity contribution in [2.45, 2.75) is 26.3 Å². The highest BCUT2D eigenvalue weighted by Crippen LogP contribution is 2.06. The molecule has 0 saturated carbocycles. The summed E-state index contributed by atoms with van der Waals surface area (Å²) < 4.78 is 9.48. The normalized spacial score (nSPS) is 10.9. The average Bonchev–Trinajstić information content (AvgIpc) is 3.05. The lowest BCUT2D eigenvalue weighted by molar-refractivity contribution is 0.147. The van der Waals surface area contributed by atoms with Gasteiger partial charge in [0.05, 0.1) is 0 Å². The molecular formula is C14H23N5O. The zero-order valence-corrected chi connectivity index (χ0v) is 12.2. The first-order valence-corrected chi connectivity index (χ1v) is 7.10. The summed E-state index contributed by atoms with van der Waals surface area (Å²) in [5, 5.41) is 3.34. The van der Waals surface area contributed by atoms with E-state index >= 15 is 0 Å². The van der Waals surface area contributed by atoms with Crippen LogP contribution < -0.4 is 5.32 Å². The van der Waals surface area contributed by atoms with Crippen molar-refractivity contribution in [3.8, 4) is 0 Å². The van der Waals surface area contributed by atoms with Crippen molar-refractivity contribution in [2.24, 2.45) is 7.05 Å². The fraction of sp³-hybridized carbons (Fsp3) is 0.571. The standard InChI is InChI=1S/C14H23N5O/c1-3-20-12-4-6-16-14-17-8-11-19(14)9-5-13-15-7-10-18(13)2/h7-8,10-11H,3-6,9,12H2,1-2H3,(H,16,17). The molecule has 0 radical (unpaired) electrons. The Kier molecular flexibility index (Phi) is 5.61. The lowest BCUT2D eigenvalue weighted by Crippen LogP contribution is -2.12. The molecule has 0 aliphatic carbocycles. The Morgan fingerprint density at radius 3 is 2.85 bits per heavy atom. The van der Waals surface area contributed by atoms with E-state index < -0.39 is 0 Å². The molecule has 1 N–H and O–H groups in total. The van der Waals surface area contributed by atoms with Gasteiger partial charge in [0.25, 0.3) is 0 Å². The van der Waals surface area contributed by atoms with Gasteiger partial charge in [-0.25, -0.2) is 9.97 Å². The number of nitrogens with zero attached hydrogens (tertiary/aromatic N) is 4. The number of ether oxygens (including phenoxy) is 1. The Balaban J connectivity index is 1.78. The second kappa shape index (κ2) is 7.69. The summed E-state index contributed by atoms with van der Waals surface area (Å²) in [6.45, 7) is 5.32. The SMILES string of the molecule is CCOCCCNc1nccn1CCc1nccn1C. The highest BCUT2D eigenvalue weighted by molar-refractivity contribution is 5.25. The van der Waals surface area contributed by atoms with E-state index in [0.29, 0.717) is 0 Å². The zero-order chi connectivity index (χ0) is 14.2. The largest absolute Gasteiger partial charge is 0.382 e. The minimum absolute atomic E-state index is 0.776. The third kappa shape index (κ3) is 4.09. The number of aromatic nitrogens is 4. The summed E-state index contributed by atoms with van der Waals surface area (Å²) in [6, 6.07) is 0. The van der Waals surface area contributed by atoms with Crippen LogP contribution in [0.5, 0.6) is 0 Å². The zero-order valence-electron chi connectivity index (χ0n) is 12.2. The molecule has 0 amide bonds. The van der Waals surface area contributed by atoms with Crippen LogP contribution in [-0.4, -0.2) is 38.9 Å². The van der Waals surface area contributed by atoms with Crippen molar-refractivity contribution in [2.75, 3.05) is 25.1 Å². The van der Waals surface area contributed by atoms with Gasteiger partial charge in [-0.2, -0.15) is 0 Å². The Morgan fingerprint density at radius 1 is 1.25 bits per heavy atom. The monoisotopic (exact) mass is 277 g/mol.